The van der Waals surface area contributed by atoms with Crippen LogP contribution in [0.25, 0.3) is 0 Å². The molecule has 0 saturated heterocycles. The van der Waals surface area contributed by atoms with E-state index in [2.05, 4.69) is 17.2 Å². The average molecular weight is 473 g/mol. The molecular weight excluding hydrogens is 449 g/mol. The average Bonchev–Trinajstić information content (AvgIpc) is 2.50. The number of nitrogens with one attached hydrogen (secondary N) is 1. The van der Waals surface area contributed by atoms with E-state index in [1.165, 1.54) is 17.4 Å². The molecule has 5 nitrogen and oxygen atoms in total. The van der Waals surface area contributed by atoms with Crippen molar-refractivity contribution in [1.82, 2.24) is 0 Å². The molecule has 0 unspecified atom stereocenters. The molecule has 0 radical (unpaired) electrons. The van der Waals surface area contributed by atoms with Gasteiger partial charge in [-0.2, -0.15) is 0 Å². The molecule has 7 heteroatoms. The Kier molecular flexibility index (Phi) is 7.88. The van der Waals surface area contributed by atoms with Crippen molar-refractivity contribution in [2.45, 2.75) is 25.2 Å². The van der Waals surface area contributed by atoms with E-state index in [0.29, 0.717) is 23.8 Å². The second-order valence-corrected chi connectivity index (χ2v) is 7.87. The van der Waals surface area contributed by atoms with Gasteiger partial charge in [0.05, 0.1) is 4.90 Å². The summed E-state index contributed by atoms with van der Waals surface area (Å²) >= 11 is 0. The lowest BCUT2D eigenvalue weighted by Crippen LogP contribution is -2.23. The fourth-order valence-corrected chi connectivity index (χ4v) is 2.85. The van der Waals surface area contributed by atoms with Crippen LogP contribution in [-0.2, 0) is 16.3 Å². The van der Waals surface area contributed by atoms with E-state index in [1.54, 1.807) is 24.3 Å². The molecule has 3 N–H and O–H groups in total. The molecule has 0 heterocycles. The van der Waals surface area contributed by atoms with Crippen molar-refractivity contribution in [2.24, 2.45) is 10.7 Å². The Labute approximate surface area is 166 Å². The number of benzene rings is 2. The van der Waals surface area contributed by atoms with Gasteiger partial charge >= 0.3 is 0 Å². The Morgan fingerprint density at radius 1 is 1.08 bits per heavy atom. The summed E-state index contributed by atoms with van der Waals surface area (Å²) in [6.45, 7) is 4.64. The summed E-state index contributed by atoms with van der Waals surface area (Å²) in [4.78, 5) is 4.63. The van der Waals surface area contributed by atoms with E-state index in [-0.39, 0.29) is 24.0 Å². The van der Waals surface area contributed by atoms with Crippen LogP contribution in [-0.4, -0.2) is 27.2 Å². The Morgan fingerprint density at radius 3 is 2.28 bits per heavy atom. The molecule has 0 amide bonds. The van der Waals surface area contributed by atoms with Gasteiger partial charge in [-0.25, -0.2) is 8.42 Å². The molecule has 0 spiro atoms. The van der Waals surface area contributed by atoms with E-state index in [9.17, 15) is 8.42 Å². The number of nitrogens with zero attached hydrogens (tertiary/aromatic N) is 1. The van der Waals surface area contributed by atoms with Crippen LogP contribution in [0.5, 0.6) is 0 Å². The first kappa shape index (κ1) is 21.4. The Hall–Kier alpha value is -1.61. The molecule has 0 bridgehead atoms. The number of guanidine groups is 1. The standard InChI is InChI=1S/C18H23N3O2S.HI/c1-13-4-7-16(12-14(13)2)21-18(19)20-11-10-15-5-8-17(9-6-15)24(3,22)23;/h4-9,12H,10-11H2,1-3H3,(H3,19,20,21);1H. The van der Waals surface area contributed by atoms with Crippen LogP contribution >= 0.6 is 24.0 Å². The molecule has 2 aromatic carbocycles. The van der Waals surface area contributed by atoms with E-state index in [4.69, 9.17) is 5.73 Å². The largest absolute Gasteiger partial charge is 0.370 e. The first-order valence-corrected chi connectivity index (χ1v) is 9.58. The molecule has 0 fully saturated rings. The molecule has 0 aromatic heterocycles. The zero-order valence-electron chi connectivity index (χ0n) is 14.6. The lowest BCUT2D eigenvalue weighted by molar-refractivity contribution is 0.602. The number of rotatable bonds is 5. The summed E-state index contributed by atoms with van der Waals surface area (Å²) in [6, 6.07) is 12.9. The van der Waals surface area contributed by atoms with Crippen molar-refractivity contribution in [3.63, 3.8) is 0 Å². The summed E-state index contributed by atoms with van der Waals surface area (Å²) in [6.07, 6.45) is 1.89. The van der Waals surface area contributed by atoms with Crippen LogP contribution in [0, 0.1) is 13.8 Å². The third-order valence-corrected chi connectivity index (χ3v) is 4.94. The minimum atomic E-state index is -3.15. The summed E-state index contributed by atoms with van der Waals surface area (Å²) in [7, 11) is -3.15. The smallest absolute Gasteiger partial charge is 0.193 e. The van der Waals surface area contributed by atoms with Gasteiger partial charge in [-0.15, -0.1) is 24.0 Å². The second kappa shape index (κ2) is 9.19. The predicted octanol–water partition coefficient (Wildman–Crippen LogP) is 3.29. The van der Waals surface area contributed by atoms with Gasteiger partial charge in [0.15, 0.2) is 15.8 Å². The van der Waals surface area contributed by atoms with Crippen LogP contribution in [0.3, 0.4) is 0 Å². The van der Waals surface area contributed by atoms with Crippen molar-refractivity contribution in [3.05, 3.63) is 59.2 Å². The quantitative estimate of drug-likeness (QED) is 0.397. The first-order valence-electron chi connectivity index (χ1n) is 7.69. The van der Waals surface area contributed by atoms with Crippen LogP contribution < -0.4 is 11.1 Å². The van der Waals surface area contributed by atoms with E-state index >= 15 is 0 Å². The van der Waals surface area contributed by atoms with Crippen LogP contribution in [0.4, 0.5) is 5.69 Å². The van der Waals surface area contributed by atoms with Crippen LogP contribution in [0.15, 0.2) is 52.4 Å². The molecule has 0 aliphatic carbocycles. The molecule has 0 aliphatic heterocycles. The van der Waals surface area contributed by atoms with Gasteiger partial charge in [-0.3, -0.25) is 4.99 Å². The number of nitrogens with two attached hydrogens (primary N) is 1. The molecule has 0 saturated carbocycles. The van der Waals surface area contributed by atoms with Crippen molar-refractivity contribution in [1.29, 1.82) is 0 Å². The highest BCUT2D eigenvalue weighted by atomic mass is 127. The van der Waals surface area contributed by atoms with Gasteiger partial charge in [0.25, 0.3) is 0 Å². The zero-order chi connectivity index (χ0) is 17.7. The molecule has 136 valence electrons. The number of sulfone groups is 1. The van der Waals surface area contributed by atoms with Gasteiger partial charge in [0, 0.05) is 18.5 Å². The van der Waals surface area contributed by atoms with Crippen LogP contribution in [0.1, 0.15) is 16.7 Å². The van der Waals surface area contributed by atoms with Gasteiger partial charge in [0.2, 0.25) is 0 Å². The molecule has 0 atom stereocenters. The Bertz CT molecular complexity index is 847. The van der Waals surface area contributed by atoms with Crippen molar-refractivity contribution in [3.8, 4) is 0 Å². The SMILES string of the molecule is Cc1ccc(NC(N)=NCCc2ccc(S(C)(=O)=O)cc2)cc1C.I. The lowest BCUT2D eigenvalue weighted by Gasteiger charge is -2.08. The number of aliphatic imine (C=N–C) groups is 1. The fraction of sp³-hybridized carbons (Fsp3) is 0.278. The molecule has 25 heavy (non-hydrogen) atoms. The predicted molar refractivity (Wildman–Crippen MR) is 115 cm³/mol. The minimum Gasteiger partial charge on any atom is -0.370 e. The highest BCUT2D eigenvalue weighted by Gasteiger charge is 2.05. The Morgan fingerprint density at radius 2 is 1.72 bits per heavy atom. The third kappa shape index (κ3) is 6.66. The van der Waals surface area contributed by atoms with Gasteiger partial charge in [-0.05, 0) is 61.2 Å². The Balaban J connectivity index is 0.00000312. The summed E-state index contributed by atoms with van der Waals surface area (Å²) in [5, 5.41) is 3.07. The highest BCUT2D eigenvalue weighted by Crippen LogP contribution is 2.14. The number of hydrogen-bond acceptors (Lipinski definition) is 3. The molecular formula is C18H24IN3O2S. The third-order valence-electron chi connectivity index (χ3n) is 3.81. The summed E-state index contributed by atoms with van der Waals surface area (Å²) in [5.74, 6) is 0.367. The monoisotopic (exact) mass is 473 g/mol. The maximum Gasteiger partial charge on any atom is 0.193 e. The zero-order valence-corrected chi connectivity index (χ0v) is 17.8. The lowest BCUT2D eigenvalue weighted by atomic mass is 10.1. The minimum absolute atomic E-state index is 0. The van der Waals surface area contributed by atoms with Gasteiger partial charge in [-0.1, -0.05) is 18.2 Å². The van der Waals surface area contributed by atoms with Gasteiger partial charge < -0.3 is 11.1 Å². The van der Waals surface area contributed by atoms with E-state index in [0.717, 1.165) is 11.3 Å². The maximum atomic E-state index is 11.4. The van der Waals surface area contributed by atoms with Gasteiger partial charge in [0.1, 0.15) is 0 Å². The normalized spacial score (nSPS) is 11.7. The van der Waals surface area contributed by atoms with E-state index < -0.39 is 9.84 Å². The summed E-state index contributed by atoms with van der Waals surface area (Å²) in [5.41, 5.74) is 10.3. The van der Waals surface area contributed by atoms with Crippen molar-refractivity contribution in [2.75, 3.05) is 18.1 Å². The number of halogens is 1. The first-order chi connectivity index (χ1) is 11.3. The molecule has 2 rings (SSSR count). The molecule has 0 aliphatic rings. The number of hydrogen-bond donors (Lipinski definition) is 2. The fourth-order valence-electron chi connectivity index (χ4n) is 2.22. The summed E-state index contributed by atoms with van der Waals surface area (Å²) < 4.78 is 22.8. The van der Waals surface area contributed by atoms with Crippen molar-refractivity contribution >= 4 is 45.5 Å². The van der Waals surface area contributed by atoms with Crippen LogP contribution in [0.2, 0.25) is 0 Å². The second-order valence-electron chi connectivity index (χ2n) is 5.86. The number of aryl methyl sites for hydroxylation is 2. The van der Waals surface area contributed by atoms with Crippen molar-refractivity contribution < 1.29 is 8.42 Å². The maximum absolute atomic E-state index is 11.4. The van der Waals surface area contributed by atoms with E-state index in [1.807, 2.05) is 25.1 Å². The number of anilines is 1. The molecule has 2 aromatic rings. The highest BCUT2D eigenvalue weighted by molar-refractivity contribution is 14.0. The topological polar surface area (TPSA) is 84.5 Å².